The molecule has 0 aliphatic carbocycles. The van der Waals surface area contributed by atoms with Gasteiger partial charge in [-0.25, -0.2) is 0 Å². The van der Waals surface area contributed by atoms with Gasteiger partial charge in [0.05, 0.1) is 0 Å². The van der Waals surface area contributed by atoms with Crippen LogP contribution in [0.2, 0.25) is 0 Å². The molecule has 0 rings (SSSR count). The quantitative estimate of drug-likeness (QED) is 0.551. The number of alkyl halides is 1. The Morgan fingerprint density at radius 2 is 1.60 bits per heavy atom. The third-order valence-electron chi connectivity index (χ3n) is 2.51. The van der Waals surface area contributed by atoms with E-state index in [4.69, 9.17) is 0 Å². The minimum absolute atomic E-state index is 0.445. The number of hydrogen-bond acceptors (Lipinski definition) is 1. The fraction of sp³-hybridized carbons (Fsp3) is 1.00. The van der Waals surface area contributed by atoms with Gasteiger partial charge in [0.25, 0.3) is 0 Å². The molecule has 0 aliphatic rings. The van der Waals surface area contributed by atoms with Crippen molar-refractivity contribution in [3.05, 3.63) is 0 Å². The molecule has 0 N–H and O–H groups in total. The van der Waals surface area contributed by atoms with Crippen molar-refractivity contribution in [3.63, 3.8) is 0 Å². The monoisotopic (exact) mass is 255 g/mol. The summed E-state index contributed by atoms with van der Waals surface area (Å²) in [6.07, 6.45) is 2.50. The minimum atomic E-state index is 0.445. The highest BCUT2D eigenvalue weighted by molar-refractivity contribution is 14.1. The summed E-state index contributed by atoms with van der Waals surface area (Å²) < 4.78 is 1.23. The highest BCUT2D eigenvalue weighted by atomic mass is 127. The molecule has 0 saturated heterocycles. The number of rotatable bonds is 4. The van der Waals surface area contributed by atoms with Gasteiger partial charge in [0.2, 0.25) is 0 Å². The van der Waals surface area contributed by atoms with Gasteiger partial charge in [0, 0.05) is 9.97 Å². The Bertz CT molecular complexity index is 79.0. The Labute approximate surface area is 78.3 Å². The molecule has 0 aromatic rings. The van der Waals surface area contributed by atoms with Crippen LogP contribution in [-0.4, -0.2) is 29.0 Å². The van der Waals surface area contributed by atoms with Crippen LogP contribution in [0.15, 0.2) is 0 Å². The highest BCUT2D eigenvalue weighted by Gasteiger charge is 2.26. The molecule has 0 unspecified atom stereocenters. The van der Waals surface area contributed by atoms with Crippen LogP contribution in [0.5, 0.6) is 0 Å². The van der Waals surface area contributed by atoms with Crippen molar-refractivity contribution in [2.24, 2.45) is 0 Å². The zero-order valence-corrected chi connectivity index (χ0v) is 9.60. The molecule has 0 bridgehead atoms. The van der Waals surface area contributed by atoms with Gasteiger partial charge in [-0.1, -0.05) is 36.4 Å². The molecule has 0 saturated carbocycles. The molecule has 0 radical (unpaired) electrons. The molecule has 2 heteroatoms. The Morgan fingerprint density at radius 1 is 1.20 bits per heavy atom. The molecule has 0 spiro atoms. The van der Waals surface area contributed by atoms with E-state index in [0.29, 0.717) is 5.54 Å². The highest BCUT2D eigenvalue weighted by Crippen LogP contribution is 2.23. The van der Waals surface area contributed by atoms with Gasteiger partial charge >= 0.3 is 0 Å². The van der Waals surface area contributed by atoms with Crippen molar-refractivity contribution in [2.45, 2.75) is 32.2 Å². The van der Waals surface area contributed by atoms with Crippen molar-refractivity contribution in [1.29, 1.82) is 0 Å². The number of halogens is 1. The van der Waals surface area contributed by atoms with Crippen LogP contribution in [0, 0.1) is 0 Å². The van der Waals surface area contributed by atoms with E-state index in [2.05, 4.69) is 55.4 Å². The fourth-order valence-electron chi connectivity index (χ4n) is 1.19. The first-order valence-electron chi connectivity index (χ1n) is 3.86. The van der Waals surface area contributed by atoms with Crippen molar-refractivity contribution in [2.75, 3.05) is 18.5 Å². The zero-order chi connectivity index (χ0) is 8.20. The molecular weight excluding hydrogens is 237 g/mol. The number of nitrogens with zero attached hydrogens (tertiary/aromatic N) is 1. The first kappa shape index (κ1) is 10.7. The van der Waals surface area contributed by atoms with E-state index in [1.165, 1.54) is 17.3 Å². The maximum atomic E-state index is 2.48. The predicted molar refractivity (Wildman–Crippen MR) is 55.9 cm³/mol. The first-order chi connectivity index (χ1) is 4.63. The summed E-state index contributed by atoms with van der Waals surface area (Å²) in [7, 11) is 4.34. The van der Waals surface area contributed by atoms with Crippen molar-refractivity contribution in [3.8, 4) is 0 Å². The Morgan fingerprint density at radius 3 is 1.60 bits per heavy atom. The Hall–Kier alpha value is 0.690. The summed E-state index contributed by atoms with van der Waals surface area (Å²) in [5, 5.41) is 0. The lowest BCUT2D eigenvalue weighted by Gasteiger charge is -2.36. The second-order valence-corrected chi connectivity index (χ2v) is 3.72. The molecule has 0 fully saturated rings. The van der Waals surface area contributed by atoms with Gasteiger partial charge in [-0.2, -0.15) is 0 Å². The molecule has 0 heterocycles. The SMILES string of the molecule is CCC(CC)(CI)N(C)C. The van der Waals surface area contributed by atoms with Gasteiger partial charge in [-0.05, 0) is 26.9 Å². The number of hydrogen-bond donors (Lipinski definition) is 0. The molecule has 0 atom stereocenters. The van der Waals surface area contributed by atoms with Crippen LogP contribution < -0.4 is 0 Å². The van der Waals surface area contributed by atoms with E-state index >= 15 is 0 Å². The van der Waals surface area contributed by atoms with Gasteiger partial charge in [0.15, 0.2) is 0 Å². The summed E-state index contributed by atoms with van der Waals surface area (Å²) in [6.45, 7) is 4.53. The van der Waals surface area contributed by atoms with Crippen molar-refractivity contribution < 1.29 is 0 Å². The normalized spacial score (nSPS) is 12.6. The van der Waals surface area contributed by atoms with Crippen LogP contribution >= 0.6 is 22.6 Å². The predicted octanol–water partition coefficient (Wildman–Crippen LogP) is 2.54. The first-order valence-corrected chi connectivity index (χ1v) is 5.39. The van der Waals surface area contributed by atoms with Crippen LogP contribution in [0.25, 0.3) is 0 Å². The van der Waals surface area contributed by atoms with Crippen LogP contribution in [0.3, 0.4) is 0 Å². The van der Waals surface area contributed by atoms with E-state index in [1.54, 1.807) is 0 Å². The van der Waals surface area contributed by atoms with Crippen LogP contribution in [0.4, 0.5) is 0 Å². The maximum absolute atomic E-state index is 2.48. The molecular formula is C8H18IN. The van der Waals surface area contributed by atoms with E-state index in [0.717, 1.165) is 0 Å². The molecule has 1 nitrogen and oxygen atoms in total. The van der Waals surface area contributed by atoms with Gasteiger partial charge < -0.3 is 4.90 Å². The molecule has 0 aromatic heterocycles. The van der Waals surface area contributed by atoms with Gasteiger partial charge in [-0.3, -0.25) is 0 Å². The standard InChI is InChI=1S/C8H18IN/c1-5-8(6-2,7-9)10(3)4/h5-7H2,1-4H3. The molecule has 0 aromatic carbocycles. The lowest BCUT2D eigenvalue weighted by Crippen LogP contribution is -2.44. The van der Waals surface area contributed by atoms with Gasteiger partial charge in [0.1, 0.15) is 0 Å². The molecule has 0 aliphatic heterocycles. The largest absolute Gasteiger partial charge is 0.303 e. The Balaban J connectivity index is 4.15. The lowest BCUT2D eigenvalue weighted by atomic mass is 9.94. The molecule has 10 heavy (non-hydrogen) atoms. The Kier molecular flexibility index (Phi) is 4.86. The van der Waals surface area contributed by atoms with Gasteiger partial charge in [-0.15, -0.1) is 0 Å². The fourth-order valence-corrected chi connectivity index (χ4v) is 2.95. The van der Waals surface area contributed by atoms with E-state index < -0.39 is 0 Å². The minimum Gasteiger partial charge on any atom is -0.303 e. The second-order valence-electron chi connectivity index (χ2n) is 2.96. The summed E-state index contributed by atoms with van der Waals surface area (Å²) in [6, 6.07) is 0. The maximum Gasteiger partial charge on any atom is 0.0287 e. The average molecular weight is 255 g/mol. The zero-order valence-electron chi connectivity index (χ0n) is 7.45. The second kappa shape index (κ2) is 4.54. The summed E-state index contributed by atoms with van der Waals surface area (Å²) >= 11 is 2.48. The third-order valence-corrected chi connectivity index (χ3v) is 3.93. The van der Waals surface area contributed by atoms with Crippen molar-refractivity contribution >= 4 is 22.6 Å². The molecule has 62 valence electrons. The summed E-state index contributed by atoms with van der Waals surface area (Å²) in [4.78, 5) is 2.35. The molecule has 0 amide bonds. The summed E-state index contributed by atoms with van der Waals surface area (Å²) in [5.74, 6) is 0. The topological polar surface area (TPSA) is 3.24 Å². The average Bonchev–Trinajstić information content (AvgIpc) is 1.92. The third kappa shape index (κ3) is 2.09. The van der Waals surface area contributed by atoms with Crippen molar-refractivity contribution in [1.82, 2.24) is 4.90 Å². The van der Waals surface area contributed by atoms with E-state index in [-0.39, 0.29) is 0 Å². The van der Waals surface area contributed by atoms with Crippen LogP contribution in [0.1, 0.15) is 26.7 Å². The van der Waals surface area contributed by atoms with Crippen LogP contribution in [-0.2, 0) is 0 Å². The smallest absolute Gasteiger partial charge is 0.0287 e. The van der Waals surface area contributed by atoms with E-state index in [9.17, 15) is 0 Å². The lowest BCUT2D eigenvalue weighted by molar-refractivity contribution is 0.170. The summed E-state index contributed by atoms with van der Waals surface area (Å²) in [5.41, 5.74) is 0.445. The van der Waals surface area contributed by atoms with E-state index in [1.807, 2.05) is 0 Å².